The summed E-state index contributed by atoms with van der Waals surface area (Å²) in [5.41, 5.74) is 1.23. The predicted octanol–water partition coefficient (Wildman–Crippen LogP) is 4.30. The summed E-state index contributed by atoms with van der Waals surface area (Å²) in [5.74, 6) is -0.571. The van der Waals surface area contributed by atoms with Crippen LogP contribution in [0.15, 0.2) is 42.5 Å². The average Bonchev–Trinajstić information content (AvgIpc) is 2.98. The van der Waals surface area contributed by atoms with Gasteiger partial charge in [-0.15, -0.1) is 0 Å². The monoisotopic (exact) mass is 377 g/mol. The van der Waals surface area contributed by atoms with E-state index in [-0.39, 0.29) is 11.7 Å². The SMILES string of the molecule is CN(C)CCN(C(=O)c1ccc(F)cc1)c1nc2ccc(Cl)cc2s1. The zero-order chi connectivity index (χ0) is 18.0. The molecule has 0 aliphatic heterocycles. The summed E-state index contributed by atoms with van der Waals surface area (Å²) in [6, 6.07) is 11.0. The van der Waals surface area contributed by atoms with E-state index < -0.39 is 0 Å². The number of aromatic nitrogens is 1. The number of anilines is 1. The Morgan fingerprint density at radius 2 is 1.88 bits per heavy atom. The number of amides is 1. The largest absolute Gasteiger partial charge is 0.308 e. The zero-order valence-corrected chi connectivity index (χ0v) is 15.4. The molecular weight excluding hydrogens is 361 g/mol. The first kappa shape index (κ1) is 17.8. The van der Waals surface area contributed by atoms with Crippen LogP contribution in [0.2, 0.25) is 5.02 Å². The van der Waals surface area contributed by atoms with Gasteiger partial charge in [0.2, 0.25) is 0 Å². The molecule has 0 saturated carbocycles. The number of hydrogen-bond donors (Lipinski definition) is 0. The van der Waals surface area contributed by atoms with Crippen molar-refractivity contribution in [2.24, 2.45) is 0 Å². The average molecular weight is 378 g/mol. The number of carbonyl (C=O) groups is 1. The van der Waals surface area contributed by atoms with Gasteiger partial charge in [-0.1, -0.05) is 22.9 Å². The number of hydrogen-bond acceptors (Lipinski definition) is 4. The van der Waals surface area contributed by atoms with Crippen LogP contribution < -0.4 is 4.90 Å². The Kier molecular flexibility index (Phi) is 5.32. The van der Waals surface area contributed by atoms with Crippen molar-refractivity contribution in [2.75, 3.05) is 32.1 Å². The number of fused-ring (bicyclic) bond motifs is 1. The number of carbonyl (C=O) groups excluding carboxylic acids is 1. The molecule has 0 N–H and O–H groups in total. The van der Waals surface area contributed by atoms with Crippen molar-refractivity contribution in [1.29, 1.82) is 0 Å². The van der Waals surface area contributed by atoms with Gasteiger partial charge >= 0.3 is 0 Å². The Labute approximate surface area is 154 Å². The minimum atomic E-state index is -0.369. The molecule has 1 aromatic heterocycles. The van der Waals surface area contributed by atoms with Gasteiger partial charge in [-0.2, -0.15) is 0 Å². The van der Waals surface area contributed by atoms with Crippen molar-refractivity contribution in [2.45, 2.75) is 0 Å². The maximum atomic E-state index is 13.2. The molecule has 0 aliphatic carbocycles. The highest BCUT2D eigenvalue weighted by Gasteiger charge is 2.21. The third kappa shape index (κ3) is 4.15. The van der Waals surface area contributed by atoms with Crippen LogP contribution >= 0.6 is 22.9 Å². The summed E-state index contributed by atoms with van der Waals surface area (Å²) in [5, 5.41) is 1.24. The fourth-order valence-corrected chi connectivity index (χ4v) is 3.60. The van der Waals surface area contributed by atoms with E-state index in [9.17, 15) is 9.18 Å². The number of rotatable bonds is 5. The molecule has 1 amide bonds. The van der Waals surface area contributed by atoms with Crippen LogP contribution in [0.25, 0.3) is 10.2 Å². The highest BCUT2D eigenvalue weighted by molar-refractivity contribution is 7.22. The lowest BCUT2D eigenvalue weighted by atomic mass is 10.2. The molecule has 130 valence electrons. The van der Waals surface area contributed by atoms with Crippen LogP contribution in [-0.2, 0) is 0 Å². The predicted molar refractivity (Wildman–Crippen MR) is 101 cm³/mol. The van der Waals surface area contributed by atoms with Gasteiger partial charge in [-0.25, -0.2) is 9.37 Å². The molecule has 0 unspecified atom stereocenters. The molecule has 0 bridgehead atoms. The summed E-state index contributed by atoms with van der Waals surface area (Å²) < 4.78 is 14.1. The molecule has 0 aliphatic rings. The molecule has 2 aromatic carbocycles. The van der Waals surface area contributed by atoms with Crippen molar-refractivity contribution in [3.8, 4) is 0 Å². The molecule has 0 saturated heterocycles. The quantitative estimate of drug-likeness (QED) is 0.665. The third-order valence-electron chi connectivity index (χ3n) is 3.68. The van der Waals surface area contributed by atoms with Crippen LogP contribution in [0.4, 0.5) is 9.52 Å². The zero-order valence-electron chi connectivity index (χ0n) is 13.9. The highest BCUT2D eigenvalue weighted by Crippen LogP contribution is 2.31. The summed E-state index contributed by atoms with van der Waals surface area (Å²) >= 11 is 7.45. The lowest BCUT2D eigenvalue weighted by molar-refractivity contribution is 0.0985. The van der Waals surface area contributed by atoms with Crippen LogP contribution in [0.5, 0.6) is 0 Å². The minimum Gasteiger partial charge on any atom is -0.308 e. The van der Waals surface area contributed by atoms with Gasteiger partial charge in [0, 0.05) is 23.7 Å². The molecule has 25 heavy (non-hydrogen) atoms. The molecule has 1 heterocycles. The fraction of sp³-hybridized carbons (Fsp3) is 0.222. The Hall–Kier alpha value is -2.02. The van der Waals surface area contributed by atoms with Gasteiger partial charge in [0.25, 0.3) is 5.91 Å². The first-order valence-corrected chi connectivity index (χ1v) is 8.92. The van der Waals surface area contributed by atoms with Crippen molar-refractivity contribution in [3.05, 3.63) is 58.9 Å². The first-order valence-electron chi connectivity index (χ1n) is 7.72. The second kappa shape index (κ2) is 7.47. The molecule has 3 aromatic rings. The van der Waals surface area contributed by atoms with E-state index in [1.807, 2.05) is 31.1 Å². The van der Waals surface area contributed by atoms with Gasteiger partial charge in [-0.05, 0) is 56.6 Å². The van der Waals surface area contributed by atoms with Gasteiger partial charge in [0.05, 0.1) is 10.2 Å². The van der Waals surface area contributed by atoms with Crippen molar-refractivity contribution in [1.82, 2.24) is 9.88 Å². The maximum absolute atomic E-state index is 13.2. The van der Waals surface area contributed by atoms with Crippen molar-refractivity contribution >= 4 is 44.2 Å². The minimum absolute atomic E-state index is 0.202. The Morgan fingerprint density at radius 3 is 2.56 bits per heavy atom. The summed E-state index contributed by atoms with van der Waals surface area (Å²) in [6.45, 7) is 1.17. The lowest BCUT2D eigenvalue weighted by Gasteiger charge is -2.22. The normalized spacial score (nSPS) is 11.2. The molecule has 7 heteroatoms. The molecule has 3 rings (SSSR count). The number of halogens is 2. The molecule has 0 atom stereocenters. The van der Waals surface area contributed by atoms with E-state index in [2.05, 4.69) is 4.98 Å². The van der Waals surface area contributed by atoms with Gasteiger partial charge in [-0.3, -0.25) is 9.69 Å². The maximum Gasteiger partial charge on any atom is 0.260 e. The fourth-order valence-electron chi connectivity index (χ4n) is 2.33. The molecule has 0 spiro atoms. The Bertz CT molecular complexity index is 895. The highest BCUT2D eigenvalue weighted by atomic mass is 35.5. The third-order valence-corrected chi connectivity index (χ3v) is 4.95. The van der Waals surface area contributed by atoms with E-state index in [1.165, 1.54) is 35.6 Å². The summed E-state index contributed by atoms with van der Waals surface area (Å²) in [7, 11) is 3.89. The molecule has 0 radical (unpaired) electrons. The van der Waals surface area contributed by atoms with E-state index in [0.717, 1.165) is 10.2 Å². The molecule has 0 fully saturated rings. The van der Waals surface area contributed by atoms with Crippen LogP contribution in [-0.4, -0.2) is 43.0 Å². The second-order valence-electron chi connectivity index (χ2n) is 5.88. The van der Waals surface area contributed by atoms with Gasteiger partial charge in [0.1, 0.15) is 5.82 Å². The van der Waals surface area contributed by atoms with Gasteiger partial charge in [0.15, 0.2) is 5.13 Å². The standard InChI is InChI=1S/C18H17ClFN3OS/c1-22(2)9-10-23(17(24)12-3-6-14(20)7-4-12)18-21-15-8-5-13(19)11-16(15)25-18/h3-8,11H,9-10H2,1-2H3. The first-order chi connectivity index (χ1) is 11.9. The number of thiazole rings is 1. The number of likely N-dealkylation sites (N-methyl/N-ethyl adjacent to an activating group) is 1. The van der Waals surface area contributed by atoms with Crippen LogP contribution in [0.1, 0.15) is 10.4 Å². The van der Waals surface area contributed by atoms with E-state index in [0.29, 0.717) is 28.8 Å². The van der Waals surface area contributed by atoms with Crippen LogP contribution in [0.3, 0.4) is 0 Å². The Balaban J connectivity index is 1.97. The molecular formula is C18H17ClFN3OS. The number of nitrogens with zero attached hydrogens (tertiary/aromatic N) is 3. The van der Waals surface area contributed by atoms with Crippen LogP contribution in [0, 0.1) is 5.82 Å². The summed E-state index contributed by atoms with van der Waals surface area (Å²) in [4.78, 5) is 21.1. The Morgan fingerprint density at radius 1 is 1.16 bits per heavy atom. The lowest BCUT2D eigenvalue weighted by Crippen LogP contribution is -2.36. The second-order valence-corrected chi connectivity index (χ2v) is 7.32. The van der Waals surface area contributed by atoms with Crippen molar-refractivity contribution in [3.63, 3.8) is 0 Å². The summed E-state index contributed by atoms with van der Waals surface area (Å²) in [6.07, 6.45) is 0. The topological polar surface area (TPSA) is 36.4 Å². The van der Waals surface area contributed by atoms with Gasteiger partial charge < -0.3 is 4.90 Å². The number of benzene rings is 2. The van der Waals surface area contributed by atoms with E-state index >= 15 is 0 Å². The smallest absolute Gasteiger partial charge is 0.260 e. The van der Waals surface area contributed by atoms with Crippen molar-refractivity contribution < 1.29 is 9.18 Å². The van der Waals surface area contributed by atoms with E-state index in [4.69, 9.17) is 11.6 Å². The van der Waals surface area contributed by atoms with E-state index in [1.54, 1.807) is 11.0 Å². The molecule has 4 nitrogen and oxygen atoms in total.